The van der Waals surface area contributed by atoms with Gasteiger partial charge >= 0.3 is 0 Å². The number of nitriles is 1. The number of anilines is 1. The van der Waals surface area contributed by atoms with Gasteiger partial charge in [-0.15, -0.1) is 0 Å². The molecule has 0 amide bonds. The van der Waals surface area contributed by atoms with E-state index in [0.717, 1.165) is 38.5 Å². The summed E-state index contributed by atoms with van der Waals surface area (Å²) in [6, 6.07) is 6.72. The first-order valence-corrected chi connectivity index (χ1v) is 8.20. The number of benzene rings is 1. The lowest BCUT2D eigenvalue weighted by Crippen LogP contribution is -2.34. The Balaban J connectivity index is 1.76. The molecule has 6 nitrogen and oxygen atoms in total. The molecule has 0 aromatic heterocycles. The van der Waals surface area contributed by atoms with E-state index in [9.17, 15) is 10.1 Å². The fourth-order valence-corrected chi connectivity index (χ4v) is 3.89. The van der Waals surface area contributed by atoms with Gasteiger partial charge < -0.3 is 9.80 Å². The van der Waals surface area contributed by atoms with Crippen LogP contribution in [0.3, 0.4) is 0 Å². The van der Waals surface area contributed by atoms with E-state index in [4.69, 9.17) is 5.26 Å². The quantitative estimate of drug-likeness (QED) is 0.633. The van der Waals surface area contributed by atoms with Crippen LogP contribution in [0, 0.1) is 33.3 Å². The lowest BCUT2D eigenvalue weighted by molar-refractivity contribution is -0.384. The van der Waals surface area contributed by atoms with Crippen LogP contribution in [0.2, 0.25) is 0 Å². The monoisotopic (exact) mass is 314 g/mol. The van der Waals surface area contributed by atoms with Crippen LogP contribution < -0.4 is 4.90 Å². The zero-order chi connectivity index (χ0) is 16.4. The maximum absolute atomic E-state index is 11.3. The van der Waals surface area contributed by atoms with Gasteiger partial charge in [0, 0.05) is 19.2 Å². The molecule has 1 aromatic carbocycles. The van der Waals surface area contributed by atoms with Crippen molar-refractivity contribution in [3.8, 4) is 6.07 Å². The molecule has 2 aliphatic rings. The minimum atomic E-state index is -0.348. The number of piperidine rings is 1. The van der Waals surface area contributed by atoms with E-state index in [2.05, 4.69) is 22.9 Å². The van der Waals surface area contributed by atoms with Crippen molar-refractivity contribution in [2.75, 3.05) is 38.1 Å². The average Bonchev–Trinajstić information content (AvgIpc) is 3.04. The van der Waals surface area contributed by atoms with E-state index < -0.39 is 0 Å². The standard InChI is InChI=1S/C17H22N4O2/c1-19-7-4-14(5-8-19)15-6-9-20(12-15)17-10-13(11-18)2-3-16(17)21(22)23/h2-3,10,14-15H,4-9,12H2,1H3. The Morgan fingerprint density at radius 3 is 2.57 bits per heavy atom. The van der Waals surface area contributed by atoms with Crippen LogP contribution in [0.1, 0.15) is 24.8 Å². The van der Waals surface area contributed by atoms with Crippen molar-refractivity contribution >= 4 is 11.4 Å². The summed E-state index contributed by atoms with van der Waals surface area (Å²) < 4.78 is 0. The molecule has 0 aliphatic carbocycles. The Labute approximate surface area is 136 Å². The van der Waals surface area contributed by atoms with Crippen LogP contribution >= 0.6 is 0 Å². The summed E-state index contributed by atoms with van der Waals surface area (Å²) in [5.41, 5.74) is 1.19. The Kier molecular flexibility index (Phi) is 4.49. The van der Waals surface area contributed by atoms with Crippen LogP contribution in [-0.2, 0) is 0 Å². The van der Waals surface area contributed by atoms with E-state index in [1.54, 1.807) is 6.07 Å². The second kappa shape index (κ2) is 6.55. The lowest BCUT2D eigenvalue weighted by Gasteiger charge is -2.32. The fourth-order valence-electron chi connectivity index (χ4n) is 3.89. The third-order valence-electron chi connectivity index (χ3n) is 5.30. The highest BCUT2D eigenvalue weighted by Crippen LogP contribution is 2.37. The van der Waals surface area contributed by atoms with E-state index in [-0.39, 0.29) is 10.6 Å². The van der Waals surface area contributed by atoms with Crippen molar-refractivity contribution in [2.45, 2.75) is 19.3 Å². The first-order valence-electron chi connectivity index (χ1n) is 8.20. The smallest absolute Gasteiger partial charge is 0.292 e. The van der Waals surface area contributed by atoms with Crippen molar-refractivity contribution in [3.63, 3.8) is 0 Å². The number of nitrogens with zero attached hydrogens (tertiary/aromatic N) is 4. The SMILES string of the molecule is CN1CCC(C2CCN(c3cc(C#N)ccc3[N+](=O)[O-])C2)CC1. The van der Waals surface area contributed by atoms with E-state index in [1.165, 1.54) is 25.0 Å². The van der Waals surface area contributed by atoms with Gasteiger partial charge in [-0.2, -0.15) is 5.26 Å². The number of nitro groups is 1. The molecule has 0 spiro atoms. The van der Waals surface area contributed by atoms with Crippen LogP contribution in [-0.4, -0.2) is 43.0 Å². The van der Waals surface area contributed by atoms with Crippen LogP contribution in [0.4, 0.5) is 11.4 Å². The summed E-state index contributed by atoms with van der Waals surface area (Å²) >= 11 is 0. The molecule has 1 atom stereocenters. The van der Waals surface area contributed by atoms with Gasteiger partial charge in [-0.3, -0.25) is 10.1 Å². The third-order valence-corrected chi connectivity index (χ3v) is 5.30. The largest absolute Gasteiger partial charge is 0.366 e. The molecular formula is C17H22N4O2. The predicted molar refractivity (Wildman–Crippen MR) is 88.4 cm³/mol. The molecule has 23 heavy (non-hydrogen) atoms. The second-order valence-corrected chi connectivity index (χ2v) is 6.71. The molecule has 0 saturated carbocycles. The van der Waals surface area contributed by atoms with Gasteiger partial charge in [0.15, 0.2) is 0 Å². The predicted octanol–water partition coefficient (Wildman–Crippen LogP) is 2.63. The number of hydrogen-bond donors (Lipinski definition) is 0. The number of likely N-dealkylation sites (tertiary alicyclic amines) is 1. The first-order chi connectivity index (χ1) is 11.1. The minimum absolute atomic E-state index is 0.105. The average molecular weight is 314 g/mol. The molecule has 0 bridgehead atoms. The molecule has 0 N–H and O–H groups in total. The Hall–Kier alpha value is -2.13. The highest BCUT2D eigenvalue weighted by molar-refractivity contribution is 5.66. The Morgan fingerprint density at radius 1 is 1.22 bits per heavy atom. The minimum Gasteiger partial charge on any atom is -0.366 e. The van der Waals surface area contributed by atoms with Crippen molar-refractivity contribution in [1.29, 1.82) is 5.26 Å². The van der Waals surface area contributed by atoms with Crippen molar-refractivity contribution < 1.29 is 4.92 Å². The summed E-state index contributed by atoms with van der Waals surface area (Å²) in [7, 11) is 2.16. The summed E-state index contributed by atoms with van der Waals surface area (Å²) in [4.78, 5) is 15.4. The summed E-state index contributed by atoms with van der Waals surface area (Å²) in [5.74, 6) is 1.32. The molecule has 6 heteroatoms. The molecule has 0 radical (unpaired) electrons. The van der Waals surface area contributed by atoms with Gasteiger partial charge in [-0.1, -0.05) is 0 Å². The highest BCUT2D eigenvalue weighted by Gasteiger charge is 2.33. The summed E-state index contributed by atoms with van der Waals surface area (Å²) in [6.07, 6.45) is 3.52. The maximum atomic E-state index is 11.3. The van der Waals surface area contributed by atoms with Crippen LogP contribution in [0.15, 0.2) is 18.2 Å². The summed E-state index contributed by atoms with van der Waals surface area (Å²) in [6.45, 7) is 3.99. The first kappa shape index (κ1) is 15.8. The zero-order valence-corrected chi connectivity index (χ0v) is 13.4. The second-order valence-electron chi connectivity index (χ2n) is 6.71. The molecule has 122 valence electrons. The maximum Gasteiger partial charge on any atom is 0.292 e. The van der Waals surface area contributed by atoms with Crippen LogP contribution in [0.25, 0.3) is 0 Å². The molecule has 2 fully saturated rings. The van der Waals surface area contributed by atoms with Gasteiger partial charge in [0.1, 0.15) is 5.69 Å². The van der Waals surface area contributed by atoms with Crippen molar-refractivity contribution in [2.24, 2.45) is 11.8 Å². The van der Waals surface area contributed by atoms with Gasteiger partial charge in [-0.25, -0.2) is 0 Å². The molecular weight excluding hydrogens is 292 g/mol. The van der Waals surface area contributed by atoms with Gasteiger partial charge in [0.2, 0.25) is 0 Å². The molecule has 1 aromatic rings. The number of nitro benzene ring substituents is 1. The summed E-state index contributed by atoms with van der Waals surface area (Å²) in [5, 5.41) is 20.4. The van der Waals surface area contributed by atoms with Crippen LogP contribution in [0.5, 0.6) is 0 Å². The lowest BCUT2D eigenvalue weighted by atomic mass is 9.84. The molecule has 1 unspecified atom stereocenters. The number of rotatable bonds is 3. The van der Waals surface area contributed by atoms with Crippen molar-refractivity contribution in [1.82, 2.24) is 4.90 Å². The third kappa shape index (κ3) is 3.30. The molecule has 2 heterocycles. The topological polar surface area (TPSA) is 73.4 Å². The Bertz CT molecular complexity index is 632. The van der Waals surface area contributed by atoms with Crippen molar-refractivity contribution in [3.05, 3.63) is 33.9 Å². The normalized spacial score (nSPS) is 23.0. The van der Waals surface area contributed by atoms with E-state index in [1.807, 2.05) is 0 Å². The van der Waals surface area contributed by atoms with E-state index in [0.29, 0.717) is 17.2 Å². The molecule has 2 aliphatic heterocycles. The fraction of sp³-hybridized carbons (Fsp3) is 0.588. The molecule has 2 saturated heterocycles. The van der Waals surface area contributed by atoms with Gasteiger partial charge in [0.25, 0.3) is 5.69 Å². The zero-order valence-electron chi connectivity index (χ0n) is 13.4. The molecule has 3 rings (SSSR count). The Morgan fingerprint density at radius 2 is 1.91 bits per heavy atom. The number of hydrogen-bond acceptors (Lipinski definition) is 5. The van der Waals surface area contributed by atoms with Gasteiger partial charge in [0.05, 0.1) is 16.6 Å². The van der Waals surface area contributed by atoms with E-state index >= 15 is 0 Å². The van der Waals surface area contributed by atoms with Gasteiger partial charge in [-0.05, 0) is 63.4 Å². The highest BCUT2D eigenvalue weighted by atomic mass is 16.6.